The van der Waals surface area contributed by atoms with E-state index in [0.717, 1.165) is 31.2 Å². The number of anilines is 2. The molecular weight excluding hydrogens is 278 g/mol. The smallest absolute Gasteiger partial charge is 0.318 e. The minimum atomic E-state index is 0.276. The van der Waals surface area contributed by atoms with Crippen molar-refractivity contribution in [2.75, 3.05) is 36.0 Å². The highest BCUT2D eigenvalue weighted by molar-refractivity contribution is 6.30. The third-order valence-corrected chi connectivity index (χ3v) is 3.62. The molecule has 6 nitrogen and oxygen atoms in total. The van der Waals surface area contributed by atoms with Gasteiger partial charge in [-0.25, -0.2) is 0 Å². The van der Waals surface area contributed by atoms with Gasteiger partial charge in [0.05, 0.1) is 6.54 Å². The summed E-state index contributed by atoms with van der Waals surface area (Å²) in [5.41, 5.74) is 6.65. The van der Waals surface area contributed by atoms with Gasteiger partial charge in [-0.2, -0.15) is 0 Å². The number of benzene rings is 1. The van der Waals surface area contributed by atoms with E-state index in [0.29, 0.717) is 11.9 Å². The van der Waals surface area contributed by atoms with Crippen LogP contribution in [0.25, 0.3) is 0 Å². The molecule has 2 N–H and O–H groups in total. The third kappa shape index (κ3) is 2.71. The van der Waals surface area contributed by atoms with Gasteiger partial charge in [-0.1, -0.05) is 16.7 Å². The Kier molecular flexibility index (Phi) is 3.75. The lowest BCUT2D eigenvalue weighted by atomic mass is 10.2. The maximum Gasteiger partial charge on any atom is 0.318 e. The summed E-state index contributed by atoms with van der Waals surface area (Å²) in [6.45, 7) is 3.77. The number of rotatable bonds is 3. The second-order valence-electron chi connectivity index (χ2n) is 4.63. The zero-order valence-electron chi connectivity index (χ0n) is 11.0. The Morgan fingerprint density at radius 1 is 1.05 bits per heavy atom. The second kappa shape index (κ2) is 5.68. The molecule has 0 amide bonds. The Bertz CT molecular complexity index is 562. The lowest BCUT2D eigenvalue weighted by Gasteiger charge is -2.35. The van der Waals surface area contributed by atoms with Gasteiger partial charge in [0.15, 0.2) is 0 Å². The molecule has 1 aliphatic rings. The average molecular weight is 294 g/mol. The van der Waals surface area contributed by atoms with Gasteiger partial charge in [-0.15, -0.1) is 5.10 Å². The summed E-state index contributed by atoms with van der Waals surface area (Å²) in [5.74, 6) is 0.472. The Hall–Kier alpha value is -1.79. The topological polar surface area (TPSA) is 71.4 Å². The second-order valence-corrected chi connectivity index (χ2v) is 5.07. The van der Waals surface area contributed by atoms with E-state index in [1.165, 1.54) is 5.69 Å². The fourth-order valence-electron chi connectivity index (χ4n) is 2.26. The number of aromatic nitrogens is 2. The average Bonchev–Trinajstić information content (AvgIpc) is 2.97. The molecule has 0 unspecified atom stereocenters. The maximum absolute atomic E-state index is 5.91. The fraction of sp³-hybridized carbons (Fsp3) is 0.385. The summed E-state index contributed by atoms with van der Waals surface area (Å²) in [7, 11) is 0. The predicted octanol–water partition coefficient (Wildman–Crippen LogP) is 1.51. The standard InChI is InChI=1S/C13H16ClN5O/c14-10-1-3-11(4-2-10)18-5-7-19(8-6-18)13-17-16-12(9-15)20-13/h1-4H,5-9,15H2. The van der Waals surface area contributed by atoms with Crippen LogP contribution >= 0.6 is 11.6 Å². The van der Waals surface area contributed by atoms with Gasteiger partial charge in [0.25, 0.3) is 0 Å². The van der Waals surface area contributed by atoms with Gasteiger partial charge in [-0.3, -0.25) is 0 Å². The van der Waals surface area contributed by atoms with Crippen molar-refractivity contribution in [3.05, 3.63) is 35.2 Å². The summed E-state index contributed by atoms with van der Waals surface area (Å²) < 4.78 is 5.47. The molecule has 20 heavy (non-hydrogen) atoms. The number of halogens is 1. The van der Waals surface area contributed by atoms with Crippen LogP contribution in [0.2, 0.25) is 5.02 Å². The molecule has 0 atom stereocenters. The van der Waals surface area contributed by atoms with E-state index in [-0.39, 0.29) is 6.54 Å². The number of hydrogen-bond acceptors (Lipinski definition) is 6. The molecule has 1 aromatic carbocycles. The molecule has 0 spiro atoms. The first-order valence-corrected chi connectivity index (χ1v) is 6.92. The molecule has 2 heterocycles. The van der Waals surface area contributed by atoms with Crippen LogP contribution in [0, 0.1) is 0 Å². The highest BCUT2D eigenvalue weighted by Gasteiger charge is 2.21. The van der Waals surface area contributed by atoms with Crippen LogP contribution < -0.4 is 15.5 Å². The Morgan fingerprint density at radius 3 is 2.30 bits per heavy atom. The van der Waals surface area contributed by atoms with Crippen LogP contribution in [0.4, 0.5) is 11.7 Å². The Morgan fingerprint density at radius 2 is 1.70 bits per heavy atom. The zero-order chi connectivity index (χ0) is 13.9. The molecule has 1 saturated heterocycles. The molecular formula is C13H16ClN5O. The molecule has 3 rings (SSSR count). The van der Waals surface area contributed by atoms with Crippen molar-refractivity contribution in [1.82, 2.24) is 10.2 Å². The maximum atomic E-state index is 5.91. The van der Waals surface area contributed by atoms with E-state index in [1.807, 2.05) is 24.3 Å². The molecule has 2 aromatic rings. The van der Waals surface area contributed by atoms with E-state index < -0.39 is 0 Å². The van der Waals surface area contributed by atoms with E-state index in [4.69, 9.17) is 21.8 Å². The molecule has 1 aromatic heterocycles. The monoisotopic (exact) mass is 293 g/mol. The van der Waals surface area contributed by atoms with Crippen LogP contribution in [0.15, 0.2) is 28.7 Å². The predicted molar refractivity (Wildman–Crippen MR) is 78.1 cm³/mol. The van der Waals surface area contributed by atoms with Crippen LogP contribution in [-0.2, 0) is 6.54 Å². The summed E-state index contributed by atoms with van der Waals surface area (Å²) in [5, 5.41) is 8.66. The van der Waals surface area contributed by atoms with Crippen molar-refractivity contribution in [3.63, 3.8) is 0 Å². The molecule has 1 fully saturated rings. The lowest BCUT2D eigenvalue weighted by Crippen LogP contribution is -2.46. The van der Waals surface area contributed by atoms with E-state index >= 15 is 0 Å². The van der Waals surface area contributed by atoms with Crippen molar-refractivity contribution in [3.8, 4) is 0 Å². The van der Waals surface area contributed by atoms with Crippen LogP contribution in [-0.4, -0.2) is 36.4 Å². The van der Waals surface area contributed by atoms with Gasteiger partial charge < -0.3 is 20.0 Å². The summed E-state index contributed by atoms with van der Waals surface area (Å²) in [6, 6.07) is 8.46. The van der Waals surface area contributed by atoms with Crippen molar-refractivity contribution in [2.24, 2.45) is 5.73 Å². The first-order chi connectivity index (χ1) is 9.76. The summed E-state index contributed by atoms with van der Waals surface area (Å²) in [6.07, 6.45) is 0. The minimum absolute atomic E-state index is 0.276. The van der Waals surface area contributed by atoms with Crippen LogP contribution in [0.1, 0.15) is 5.89 Å². The quantitative estimate of drug-likeness (QED) is 0.925. The number of nitrogens with two attached hydrogens (primary N) is 1. The Labute approximate surface area is 122 Å². The van der Waals surface area contributed by atoms with Crippen molar-refractivity contribution < 1.29 is 4.42 Å². The van der Waals surface area contributed by atoms with E-state index in [9.17, 15) is 0 Å². The third-order valence-electron chi connectivity index (χ3n) is 3.37. The molecule has 0 aliphatic carbocycles. The van der Waals surface area contributed by atoms with Gasteiger partial charge in [-0.05, 0) is 24.3 Å². The number of nitrogens with zero attached hydrogens (tertiary/aromatic N) is 4. The van der Waals surface area contributed by atoms with Crippen LogP contribution in [0.3, 0.4) is 0 Å². The first-order valence-electron chi connectivity index (χ1n) is 6.54. The van der Waals surface area contributed by atoms with Crippen molar-refractivity contribution >= 4 is 23.3 Å². The minimum Gasteiger partial charge on any atom is -0.407 e. The molecule has 106 valence electrons. The highest BCUT2D eigenvalue weighted by Crippen LogP contribution is 2.21. The molecule has 1 aliphatic heterocycles. The summed E-state index contributed by atoms with van der Waals surface area (Å²) >= 11 is 5.91. The zero-order valence-corrected chi connectivity index (χ0v) is 11.8. The molecule has 0 saturated carbocycles. The molecule has 0 bridgehead atoms. The van der Waals surface area contributed by atoms with Gasteiger partial charge in [0.1, 0.15) is 0 Å². The Balaban J connectivity index is 1.63. The SMILES string of the molecule is NCc1nnc(N2CCN(c3ccc(Cl)cc3)CC2)o1. The lowest BCUT2D eigenvalue weighted by molar-refractivity contribution is 0.476. The van der Waals surface area contributed by atoms with Crippen molar-refractivity contribution in [1.29, 1.82) is 0 Å². The largest absolute Gasteiger partial charge is 0.407 e. The first kappa shape index (κ1) is 13.2. The van der Waals surface area contributed by atoms with E-state index in [1.54, 1.807) is 0 Å². The van der Waals surface area contributed by atoms with Gasteiger partial charge >= 0.3 is 6.01 Å². The van der Waals surface area contributed by atoms with Gasteiger partial charge in [0, 0.05) is 36.9 Å². The number of hydrogen-bond donors (Lipinski definition) is 1. The van der Waals surface area contributed by atoms with Crippen molar-refractivity contribution in [2.45, 2.75) is 6.54 Å². The van der Waals surface area contributed by atoms with E-state index in [2.05, 4.69) is 20.0 Å². The molecule has 7 heteroatoms. The van der Waals surface area contributed by atoms with Gasteiger partial charge in [0.2, 0.25) is 5.89 Å². The highest BCUT2D eigenvalue weighted by atomic mass is 35.5. The summed E-state index contributed by atoms with van der Waals surface area (Å²) in [4.78, 5) is 4.39. The fourth-order valence-corrected chi connectivity index (χ4v) is 2.39. The van der Waals surface area contributed by atoms with Crippen LogP contribution in [0.5, 0.6) is 0 Å². The molecule has 0 radical (unpaired) electrons. The normalized spacial score (nSPS) is 15.7. The number of piperazine rings is 1.